The standard InChI is InChI=1S/C22H21F2N3O2/c1-3-10-27(22(28)17-5-4-6-18(13-17)29-2)15-21-25-9-11-26(21)14-16-7-8-19(23)20(24)12-16/h3-9,11-13H,1,10,14-15H2,2H3. The fourth-order valence-corrected chi connectivity index (χ4v) is 2.95. The Balaban J connectivity index is 1.80. The Kier molecular flexibility index (Phi) is 6.39. The number of ether oxygens (including phenoxy) is 1. The molecule has 0 radical (unpaired) electrons. The Morgan fingerprint density at radius 3 is 2.79 bits per heavy atom. The summed E-state index contributed by atoms with van der Waals surface area (Å²) in [6, 6.07) is 10.7. The van der Waals surface area contributed by atoms with E-state index in [2.05, 4.69) is 11.6 Å². The van der Waals surface area contributed by atoms with Crippen molar-refractivity contribution in [2.24, 2.45) is 0 Å². The maximum absolute atomic E-state index is 13.5. The summed E-state index contributed by atoms with van der Waals surface area (Å²) in [4.78, 5) is 18.9. The van der Waals surface area contributed by atoms with Crippen molar-refractivity contribution in [1.29, 1.82) is 0 Å². The van der Waals surface area contributed by atoms with Gasteiger partial charge in [0, 0.05) is 31.0 Å². The molecule has 150 valence electrons. The quantitative estimate of drug-likeness (QED) is 0.539. The van der Waals surface area contributed by atoms with Crippen LogP contribution in [0.5, 0.6) is 5.75 Å². The number of carbonyl (C=O) groups is 1. The third-order valence-electron chi connectivity index (χ3n) is 4.42. The van der Waals surface area contributed by atoms with Crippen molar-refractivity contribution >= 4 is 5.91 Å². The molecular formula is C22H21F2N3O2. The maximum atomic E-state index is 13.5. The molecule has 5 nitrogen and oxygen atoms in total. The third kappa shape index (κ3) is 4.87. The molecule has 1 aromatic heterocycles. The smallest absolute Gasteiger partial charge is 0.254 e. The number of aromatic nitrogens is 2. The van der Waals surface area contributed by atoms with Crippen molar-refractivity contribution in [3.8, 4) is 5.75 Å². The van der Waals surface area contributed by atoms with Gasteiger partial charge in [-0.15, -0.1) is 6.58 Å². The summed E-state index contributed by atoms with van der Waals surface area (Å²) in [5.41, 5.74) is 1.09. The van der Waals surface area contributed by atoms with Crippen LogP contribution in [0.2, 0.25) is 0 Å². The number of hydrogen-bond donors (Lipinski definition) is 0. The second kappa shape index (κ2) is 9.14. The zero-order valence-corrected chi connectivity index (χ0v) is 16.0. The molecule has 2 aromatic carbocycles. The Morgan fingerprint density at radius 1 is 1.24 bits per heavy atom. The van der Waals surface area contributed by atoms with Crippen LogP contribution in [0.1, 0.15) is 21.7 Å². The second-order valence-electron chi connectivity index (χ2n) is 6.43. The molecule has 0 fully saturated rings. The number of hydrogen-bond acceptors (Lipinski definition) is 3. The lowest BCUT2D eigenvalue weighted by Crippen LogP contribution is -2.32. The minimum atomic E-state index is -0.898. The topological polar surface area (TPSA) is 47.4 Å². The van der Waals surface area contributed by atoms with Crippen LogP contribution in [0.4, 0.5) is 8.78 Å². The van der Waals surface area contributed by atoms with Gasteiger partial charge in [-0.05, 0) is 35.9 Å². The van der Waals surface area contributed by atoms with Crippen LogP contribution in [-0.4, -0.2) is 34.0 Å². The van der Waals surface area contributed by atoms with Crippen LogP contribution < -0.4 is 4.74 Å². The monoisotopic (exact) mass is 397 g/mol. The lowest BCUT2D eigenvalue weighted by molar-refractivity contribution is 0.0757. The fraction of sp³-hybridized carbons (Fsp3) is 0.182. The van der Waals surface area contributed by atoms with Crippen molar-refractivity contribution in [3.63, 3.8) is 0 Å². The van der Waals surface area contributed by atoms with Gasteiger partial charge in [-0.3, -0.25) is 4.79 Å². The van der Waals surface area contributed by atoms with E-state index in [9.17, 15) is 13.6 Å². The van der Waals surface area contributed by atoms with Gasteiger partial charge < -0.3 is 14.2 Å². The van der Waals surface area contributed by atoms with Crippen molar-refractivity contribution < 1.29 is 18.3 Å². The van der Waals surface area contributed by atoms with Crippen LogP contribution in [0.15, 0.2) is 67.5 Å². The number of rotatable bonds is 8. The molecule has 0 saturated heterocycles. The first-order valence-corrected chi connectivity index (χ1v) is 9.00. The Bertz CT molecular complexity index is 1020. The van der Waals surface area contributed by atoms with Crippen molar-refractivity contribution in [2.75, 3.05) is 13.7 Å². The number of benzene rings is 2. The molecule has 29 heavy (non-hydrogen) atoms. The average Bonchev–Trinajstić information content (AvgIpc) is 3.16. The van der Waals surface area contributed by atoms with Gasteiger partial charge in [0.1, 0.15) is 11.6 Å². The Hall–Kier alpha value is -3.48. The van der Waals surface area contributed by atoms with Crippen LogP contribution in [0.25, 0.3) is 0 Å². The molecule has 0 aliphatic carbocycles. The fourth-order valence-electron chi connectivity index (χ4n) is 2.95. The zero-order chi connectivity index (χ0) is 20.8. The molecule has 0 saturated carbocycles. The summed E-state index contributed by atoms with van der Waals surface area (Å²) >= 11 is 0. The number of methoxy groups -OCH3 is 1. The van der Waals surface area contributed by atoms with Crippen molar-refractivity contribution in [3.05, 3.63) is 96.1 Å². The predicted molar refractivity (Wildman–Crippen MR) is 106 cm³/mol. The first kappa shape index (κ1) is 20.3. The molecule has 3 rings (SSSR count). The highest BCUT2D eigenvalue weighted by Gasteiger charge is 2.18. The van der Waals surface area contributed by atoms with Crippen LogP contribution >= 0.6 is 0 Å². The first-order chi connectivity index (χ1) is 14.0. The molecular weight excluding hydrogens is 376 g/mol. The van der Waals surface area contributed by atoms with Crippen LogP contribution in [0, 0.1) is 11.6 Å². The molecule has 3 aromatic rings. The molecule has 0 aliphatic rings. The predicted octanol–water partition coefficient (Wildman–Crippen LogP) is 4.05. The number of amides is 1. The summed E-state index contributed by atoms with van der Waals surface area (Å²) in [5.74, 6) is -0.764. The summed E-state index contributed by atoms with van der Waals surface area (Å²) in [6.45, 7) is 4.59. The van der Waals surface area contributed by atoms with Crippen molar-refractivity contribution in [2.45, 2.75) is 13.1 Å². The van der Waals surface area contributed by atoms with Gasteiger partial charge in [-0.2, -0.15) is 0 Å². The highest BCUT2D eigenvalue weighted by molar-refractivity contribution is 5.94. The molecule has 0 bridgehead atoms. The lowest BCUT2D eigenvalue weighted by atomic mass is 10.2. The third-order valence-corrected chi connectivity index (χ3v) is 4.42. The van der Waals surface area contributed by atoms with Gasteiger partial charge in [0.2, 0.25) is 0 Å². The van der Waals surface area contributed by atoms with Crippen LogP contribution in [-0.2, 0) is 13.1 Å². The number of carbonyl (C=O) groups excluding carboxylic acids is 1. The first-order valence-electron chi connectivity index (χ1n) is 9.00. The van der Waals surface area contributed by atoms with Gasteiger partial charge in [0.25, 0.3) is 5.91 Å². The number of nitrogens with zero attached hydrogens (tertiary/aromatic N) is 3. The minimum Gasteiger partial charge on any atom is -0.497 e. The molecule has 0 aliphatic heterocycles. The molecule has 1 amide bonds. The minimum absolute atomic E-state index is 0.189. The van der Waals surface area contributed by atoms with Crippen LogP contribution in [0.3, 0.4) is 0 Å². The number of imidazole rings is 1. The van der Waals surface area contributed by atoms with E-state index < -0.39 is 11.6 Å². The SMILES string of the molecule is C=CCN(Cc1nccn1Cc1ccc(F)c(F)c1)C(=O)c1cccc(OC)c1. The van der Waals surface area contributed by atoms with E-state index in [0.29, 0.717) is 35.8 Å². The number of halogens is 2. The van der Waals surface area contributed by atoms with E-state index in [4.69, 9.17) is 4.74 Å². The van der Waals surface area contributed by atoms with Gasteiger partial charge in [-0.1, -0.05) is 18.2 Å². The maximum Gasteiger partial charge on any atom is 0.254 e. The second-order valence-corrected chi connectivity index (χ2v) is 6.43. The summed E-state index contributed by atoms with van der Waals surface area (Å²) in [5, 5.41) is 0. The largest absolute Gasteiger partial charge is 0.497 e. The molecule has 0 atom stereocenters. The van der Waals surface area contributed by atoms with E-state index in [-0.39, 0.29) is 12.5 Å². The van der Waals surface area contributed by atoms with E-state index in [1.165, 1.54) is 6.07 Å². The molecule has 0 N–H and O–H groups in total. The normalized spacial score (nSPS) is 10.6. The lowest BCUT2D eigenvalue weighted by Gasteiger charge is -2.22. The Morgan fingerprint density at radius 2 is 2.07 bits per heavy atom. The molecule has 7 heteroatoms. The van der Waals surface area contributed by atoms with Gasteiger partial charge in [-0.25, -0.2) is 13.8 Å². The van der Waals surface area contributed by atoms with E-state index in [0.717, 1.165) is 12.1 Å². The molecule has 1 heterocycles. The average molecular weight is 397 g/mol. The molecule has 0 spiro atoms. The van der Waals surface area contributed by atoms with E-state index >= 15 is 0 Å². The summed E-state index contributed by atoms with van der Waals surface area (Å²) < 4.78 is 33.6. The van der Waals surface area contributed by atoms with Gasteiger partial charge in [0.15, 0.2) is 11.6 Å². The summed E-state index contributed by atoms with van der Waals surface area (Å²) in [7, 11) is 1.54. The van der Waals surface area contributed by atoms with E-state index in [1.807, 2.05) is 0 Å². The molecule has 0 unspecified atom stereocenters. The summed E-state index contributed by atoms with van der Waals surface area (Å²) in [6.07, 6.45) is 4.98. The highest BCUT2D eigenvalue weighted by atomic mass is 19.2. The van der Waals surface area contributed by atoms with E-state index in [1.54, 1.807) is 59.3 Å². The van der Waals surface area contributed by atoms with Gasteiger partial charge in [0.05, 0.1) is 13.7 Å². The van der Waals surface area contributed by atoms with Gasteiger partial charge >= 0.3 is 0 Å². The van der Waals surface area contributed by atoms with Crippen molar-refractivity contribution in [1.82, 2.24) is 14.5 Å². The highest BCUT2D eigenvalue weighted by Crippen LogP contribution is 2.17. The Labute approximate surface area is 167 Å². The zero-order valence-electron chi connectivity index (χ0n) is 16.0.